The third-order valence-corrected chi connectivity index (χ3v) is 12.0. The van der Waals surface area contributed by atoms with Crippen molar-refractivity contribution in [3.8, 4) is 50.8 Å². The molecule has 0 radical (unpaired) electrons. The van der Waals surface area contributed by atoms with Gasteiger partial charge < -0.3 is 9.13 Å². The minimum Gasteiger partial charge on any atom is -0.309 e. The van der Waals surface area contributed by atoms with Crippen LogP contribution in [0.5, 0.6) is 0 Å². The topological polar surface area (TPSA) is 46.5 Å². The van der Waals surface area contributed by atoms with E-state index in [1.165, 1.54) is 77.2 Å². The van der Waals surface area contributed by atoms with E-state index in [2.05, 4.69) is 189 Å². The Labute approximate surface area is 338 Å². The fraction of sp³-hybridized carbons (Fsp3) is 0.111. The second kappa shape index (κ2) is 13.5. The van der Waals surface area contributed by atoms with E-state index < -0.39 is 0 Å². The highest BCUT2D eigenvalue weighted by atomic mass is 15.0. The number of pyridine rings is 1. The van der Waals surface area contributed by atoms with Crippen molar-refractivity contribution in [2.75, 3.05) is 0 Å². The molecule has 0 saturated carbocycles. The molecular weight excluding hydrogens is 705 g/mol. The van der Waals surface area contributed by atoms with E-state index >= 15 is 0 Å². The van der Waals surface area contributed by atoms with Gasteiger partial charge in [0.05, 0.1) is 39.4 Å². The number of aromatic nitrogens is 3. The number of nitrogens with zero attached hydrogens (tertiary/aromatic N) is 4. The van der Waals surface area contributed by atoms with Crippen molar-refractivity contribution >= 4 is 43.6 Å². The molecule has 10 aromatic rings. The molecule has 0 aliphatic heterocycles. The second-order valence-corrected chi connectivity index (χ2v) is 16.0. The standard InChI is InChI=1S/C54H42N4/c1-32-23-34(3)53(35(4)24-32)38-16-19-50-45(27-38)42-11-7-9-13-48(42)57(50)41-18-15-40(30-55)44(29-41)47-31-56-22-21-52(47)58-49-14-10-8-12-43(49)46-28-39(17-20-51(46)58)54-36(5)25-33(2)26-37(54)6/h7-29,31H,1-6H3. The van der Waals surface area contributed by atoms with Gasteiger partial charge in [0, 0.05) is 50.8 Å². The molecule has 3 heterocycles. The summed E-state index contributed by atoms with van der Waals surface area (Å²) in [5, 5.41) is 15.4. The largest absolute Gasteiger partial charge is 0.309 e. The monoisotopic (exact) mass is 746 g/mol. The molecule has 58 heavy (non-hydrogen) atoms. The lowest BCUT2D eigenvalue weighted by Gasteiger charge is -2.17. The summed E-state index contributed by atoms with van der Waals surface area (Å²) in [6.07, 6.45) is 3.76. The fourth-order valence-corrected chi connectivity index (χ4v) is 9.85. The van der Waals surface area contributed by atoms with Gasteiger partial charge in [-0.1, -0.05) is 83.9 Å². The molecule has 0 fully saturated rings. The normalized spacial score (nSPS) is 11.6. The van der Waals surface area contributed by atoms with Crippen LogP contribution >= 0.6 is 0 Å². The Morgan fingerprint density at radius 3 is 1.52 bits per heavy atom. The average Bonchev–Trinajstić information content (AvgIpc) is 3.72. The van der Waals surface area contributed by atoms with Gasteiger partial charge in [-0.2, -0.15) is 5.26 Å². The molecule has 0 spiro atoms. The summed E-state index contributed by atoms with van der Waals surface area (Å²) in [6, 6.07) is 50.8. The lowest BCUT2D eigenvalue weighted by atomic mass is 9.93. The highest BCUT2D eigenvalue weighted by Gasteiger charge is 2.21. The smallest absolute Gasteiger partial charge is 0.0998 e. The van der Waals surface area contributed by atoms with E-state index in [4.69, 9.17) is 0 Å². The molecule has 7 aromatic carbocycles. The minimum absolute atomic E-state index is 0.597. The maximum absolute atomic E-state index is 10.6. The average molecular weight is 747 g/mol. The molecule has 0 amide bonds. The lowest BCUT2D eigenvalue weighted by Crippen LogP contribution is -2.01. The third kappa shape index (κ3) is 5.46. The predicted molar refractivity (Wildman–Crippen MR) is 242 cm³/mol. The van der Waals surface area contributed by atoms with Crippen molar-refractivity contribution in [2.24, 2.45) is 0 Å². The summed E-state index contributed by atoms with van der Waals surface area (Å²) in [5.41, 5.74) is 21.4. The van der Waals surface area contributed by atoms with Crippen LogP contribution in [0.1, 0.15) is 38.9 Å². The van der Waals surface area contributed by atoms with Gasteiger partial charge >= 0.3 is 0 Å². The molecule has 0 aliphatic rings. The third-order valence-electron chi connectivity index (χ3n) is 12.0. The number of para-hydroxylation sites is 2. The summed E-state index contributed by atoms with van der Waals surface area (Å²) >= 11 is 0. The van der Waals surface area contributed by atoms with Crippen LogP contribution < -0.4 is 0 Å². The SMILES string of the molecule is Cc1cc(C)c(-c2ccc3c(c2)c2ccccc2n3-c2ccc(C#N)c(-c3cnccc3-n3c4ccccc4c4cc(-c5c(C)cc(C)cc5C)ccc43)c2)c(C)c1. The predicted octanol–water partition coefficient (Wildman–Crippen LogP) is 14.0. The van der Waals surface area contributed by atoms with E-state index in [0.29, 0.717) is 5.56 Å². The Morgan fingerprint density at radius 2 is 0.966 bits per heavy atom. The first-order valence-electron chi connectivity index (χ1n) is 19.9. The van der Waals surface area contributed by atoms with Gasteiger partial charge in [0.1, 0.15) is 0 Å². The number of benzene rings is 7. The van der Waals surface area contributed by atoms with Crippen molar-refractivity contribution < 1.29 is 0 Å². The van der Waals surface area contributed by atoms with Crippen LogP contribution in [-0.2, 0) is 0 Å². The molecule has 0 N–H and O–H groups in total. The van der Waals surface area contributed by atoms with E-state index in [1.807, 2.05) is 18.5 Å². The molecule has 0 bridgehead atoms. The summed E-state index contributed by atoms with van der Waals surface area (Å²) in [4.78, 5) is 4.67. The van der Waals surface area contributed by atoms with Crippen molar-refractivity contribution in [3.05, 3.63) is 185 Å². The Kier molecular flexibility index (Phi) is 8.18. The van der Waals surface area contributed by atoms with Gasteiger partial charge in [-0.25, -0.2) is 0 Å². The summed E-state index contributed by atoms with van der Waals surface area (Å²) in [6.45, 7) is 13.1. The molecule has 10 rings (SSSR count). The quantitative estimate of drug-likeness (QED) is 0.176. The zero-order valence-corrected chi connectivity index (χ0v) is 33.6. The zero-order chi connectivity index (χ0) is 39.8. The van der Waals surface area contributed by atoms with Crippen LogP contribution in [0.4, 0.5) is 0 Å². The van der Waals surface area contributed by atoms with Crippen molar-refractivity contribution in [1.82, 2.24) is 14.1 Å². The number of hydrogen-bond acceptors (Lipinski definition) is 2. The van der Waals surface area contributed by atoms with Gasteiger partial charge in [-0.05, 0) is 147 Å². The highest BCUT2D eigenvalue weighted by molar-refractivity contribution is 6.12. The number of nitriles is 1. The van der Waals surface area contributed by atoms with E-state index in [-0.39, 0.29) is 0 Å². The van der Waals surface area contributed by atoms with Crippen molar-refractivity contribution in [3.63, 3.8) is 0 Å². The van der Waals surface area contributed by atoms with Crippen LogP contribution in [0.3, 0.4) is 0 Å². The van der Waals surface area contributed by atoms with Crippen LogP contribution in [0, 0.1) is 52.9 Å². The molecule has 4 nitrogen and oxygen atoms in total. The Balaban J connectivity index is 1.17. The van der Waals surface area contributed by atoms with Crippen molar-refractivity contribution in [1.29, 1.82) is 5.26 Å². The Bertz CT molecular complexity index is 3320. The minimum atomic E-state index is 0.597. The summed E-state index contributed by atoms with van der Waals surface area (Å²) < 4.78 is 4.67. The number of fused-ring (bicyclic) bond motifs is 6. The molecule has 0 atom stereocenters. The molecule has 3 aromatic heterocycles. The van der Waals surface area contributed by atoms with Crippen LogP contribution in [0.2, 0.25) is 0 Å². The van der Waals surface area contributed by atoms with Gasteiger partial charge in [-0.3, -0.25) is 4.98 Å². The second-order valence-electron chi connectivity index (χ2n) is 16.0. The number of aryl methyl sites for hydroxylation is 6. The molecular formula is C54H42N4. The Morgan fingerprint density at radius 1 is 0.466 bits per heavy atom. The zero-order valence-electron chi connectivity index (χ0n) is 33.6. The number of hydrogen-bond donors (Lipinski definition) is 0. The first-order valence-corrected chi connectivity index (χ1v) is 19.9. The summed E-state index contributed by atoms with van der Waals surface area (Å²) in [7, 11) is 0. The fourth-order valence-electron chi connectivity index (χ4n) is 9.85. The molecule has 0 aliphatic carbocycles. The van der Waals surface area contributed by atoms with Gasteiger partial charge in [0.2, 0.25) is 0 Å². The summed E-state index contributed by atoms with van der Waals surface area (Å²) in [5.74, 6) is 0. The lowest BCUT2D eigenvalue weighted by molar-refractivity contribution is 1.15. The first-order chi connectivity index (χ1) is 28.2. The maximum Gasteiger partial charge on any atom is 0.0998 e. The van der Waals surface area contributed by atoms with E-state index in [9.17, 15) is 5.26 Å². The van der Waals surface area contributed by atoms with E-state index in [0.717, 1.165) is 44.6 Å². The molecule has 0 saturated heterocycles. The first kappa shape index (κ1) is 35.2. The van der Waals surface area contributed by atoms with Gasteiger partial charge in [0.15, 0.2) is 0 Å². The van der Waals surface area contributed by atoms with E-state index in [1.54, 1.807) is 0 Å². The Hall–Kier alpha value is -7.22. The molecule has 4 heteroatoms. The molecule has 0 unspecified atom stereocenters. The highest BCUT2D eigenvalue weighted by Crippen LogP contribution is 2.42. The van der Waals surface area contributed by atoms with Crippen molar-refractivity contribution in [2.45, 2.75) is 41.5 Å². The van der Waals surface area contributed by atoms with Crippen LogP contribution in [0.25, 0.3) is 88.4 Å². The number of rotatable bonds is 5. The van der Waals surface area contributed by atoms with Gasteiger partial charge in [-0.15, -0.1) is 0 Å². The van der Waals surface area contributed by atoms with Gasteiger partial charge in [0.25, 0.3) is 0 Å². The van der Waals surface area contributed by atoms with Crippen LogP contribution in [0.15, 0.2) is 146 Å². The maximum atomic E-state index is 10.6. The molecule has 278 valence electrons. The van der Waals surface area contributed by atoms with Crippen LogP contribution in [-0.4, -0.2) is 14.1 Å².